The lowest BCUT2D eigenvalue weighted by molar-refractivity contribution is 0.0921. The number of phenolic OH excluding ortho intramolecular Hbond substituents is 2. The van der Waals surface area contributed by atoms with E-state index in [0.29, 0.717) is 4.90 Å². The number of carbonyl (C=O) groups is 4. The zero-order valence-electron chi connectivity index (χ0n) is 16.2. The second-order valence-corrected chi connectivity index (χ2v) is 8.59. The monoisotopic (exact) mass is 464 g/mol. The summed E-state index contributed by atoms with van der Waals surface area (Å²) < 4.78 is 35.6. The maximum absolute atomic E-state index is 13.3. The van der Waals surface area contributed by atoms with Crippen LogP contribution < -0.4 is 4.90 Å². The van der Waals surface area contributed by atoms with Crippen LogP contribution in [0.2, 0.25) is 0 Å². The molecule has 164 valence electrons. The Hall–Kier alpha value is -4.35. The largest absolute Gasteiger partial charge is 0.744 e. The summed E-state index contributed by atoms with van der Waals surface area (Å²) in [6.45, 7) is 0. The van der Waals surface area contributed by atoms with Gasteiger partial charge in [0.05, 0.1) is 22.3 Å². The van der Waals surface area contributed by atoms with Gasteiger partial charge in [0.2, 0.25) is 0 Å². The van der Waals surface area contributed by atoms with Gasteiger partial charge in [0.25, 0.3) is 11.8 Å². The molecule has 1 heterocycles. The summed E-state index contributed by atoms with van der Waals surface area (Å²) in [5.41, 5.74) is -3.21. The van der Waals surface area contributed by atoms with Crippen molar-refractivity contribution in [3.63, 3.8) is 0 Å². The number of amides is 2. The van der Waals surface area contributed by atoms with Crippen molar-refractivity contribution in [3.8, 4) is 11.5 Å². The molecule has 0 fully saturated rings. The molecule has 5 rings (SSSR count). The number of aromatic hydroxyl groups is 2. The number of hydrogen-bond acceptors (Lipinski definition) is 9. The zero-order chi connectivity index (χ0) is 23.8. The van der Waals surface area contributed by atoms with Crippen LogP contribution in [0.3, 0.4) is 0 Å². The minimum absolute atomic E-state index is 0.106. The third-order valence-electron chi connectivity index (χ3n) is 5.52. The van der Waals surface area contributed by atoms with E-state index in [9.17, 15) is 42.4 Å². The number of rotatable bonds is 2. The van der Waals surface area contributed by atoms with Crippen molar-refractivity contribution in [1.82, 2.24) is 0 Å². The maximum Gasteiger partial charge on any atom is 0.266 e. The van der Waals surface area contributed by atoms with E-state index in [-0.39, 0.29) is 22.3 Å². The number of benzene rings is 3. The van der Waals surface area contributed by atoms with E-state index in [4.69, 9.17) is 0 Å². The normalized spacial score (nSPS) is 14.9. The molecule has 0 unspecified atom stereocenters. The molecule has 33 heavy (non-hydrogen) atoms. The van der Waals surface area contributed by atoms with Crippen LogP contribution in [0.1, 0.15) is 52.6 Å². The fourth-order valence-corrected chi connectivity index (χ4v) is 4.80. The fourth-order valence-electron chi connectivity index (χ4n) is 4.13. The molecule has 3 aromatic carbocycles. The number of carbonyl (C=O) groups excluding carboxylic acids is 4. The smallest absolute Gasteiger partial charge is 0.266 e. The molecule has 10 nitrogen and oxygen atoms in total. The lowest BCUT2D eigenvalue weighted by Gasteiger charge is -2.27. The minimum atomic E-state index is -5.63. The second kappa shape index (κ2) is 6.58. The van der Waals surface area contributed by atoms with Gasteiger partial charge in [-0.15, -0.1) is 0 Å². The van der Waals surface area contributed by atoms with Gasteiger partial charge < -0.3 is 14.8 Å². The van der Waals surface area contributed by atoms with Crippen LogP contribution in [0.4, 0.5) is 5.69 Å². The first-order chi connectivity index (χ1) is 15.6. The van der Waals surface area contributed by atoms with Crippen LogP contribution in [0, 0.1) is 0 Å². The average molecular weight is 464 g/mol. The predicted octanol–water partition coefficient (Wildman–Crippen LogP) is 1.58. The Kier molecular flexibility index (Phi) is 4.09. The molecule has 0 bridgehead atoms. The highest BCUT2D eigenvalue weighted by Crippen LogP contribution is 2.50. The van der Waals surface area contributed by atoms with Gasteiger partial charge in [-0.1, -0.05) is 36.4 Å². The Labute approximate surface area is 185 Å². The first-order valence-electron chi connectivity index (χ1n) is 9.29. The standard InChI is InChI=1S/C22H11NO9S/c24-16-9-5-1-2-6-10(9)17(25)14-13(16)15(19(27)20(18(14)26)33(30,31)32)23-21(28)11-7-3-4-8-12(11)22(23)29/h1-8,26-27H,(H,30,31,32)/p-1. The highest BCUT2D eigenvalue weighted by Gasteiger charge is 2.46. The number of ketones is 2. The van der Waals surface area contributed by atoms with E-state index in [1.54, 1.807) is 0 Å². The Balaban J connectivity index is 1.93. The van der Waals surface area contributed by atoms with Gasteiger partial charge in [0.15, 0.2) is 17.3 Å². The molecule has 0 spiro atoms. The summed E-state index contributed by atoms with van der Waals surface area (Å²) in [6, 6.07) is 10.9. The molecule has 2 aliphatic rings. The van der Waals surface area contributed by atoms with E-state index in [0.717, 1.165) is 0 Å². The lowest BCUT2D eigenvalue weighted by atomic mass is 9.82. The first-order valence-corrected chi connectivity index (χ1v) is 10.7. The Morgan fingerprint density at radius 1 is 0.667 bits per heavy atom. The quantitative estimate of drug-likeness (QED) is 0.330. The van der Waals surface area contributed by atoms with Crippen LogP contribution in [0.25, 0.3) is 0 Å². The Morgan fingerprint density at radius 2 is 1.09 bits per heavy atom. The van der Waals surface area contributed by atoms with Crippen molar-refractivity contribution < 1.29 is 42.4 Å². The van der Waals surface area contributed by atoms with Gasteiger partial charge in [0.1, 0.15) is 26.5 Å². The third kappa shape index (κ3) is 2.60. The Morgan fingerprint density at radius 3 is 1.55 bits per heavy atom. The number of anilines is 1. The number of imide groups is 1. The third-order valence-corrected chi connectivity index (χ3v) is 6.40. The molecule has 2 amide bonds. The van der Waals surface area contributed by atoms with Crippen molar-refractivity contribution >= 4 is 39.2 Å². The number of nitrogens with zero attached hydrogens (tertiary/aromatic N) is 1. The molecule has 0 saturated heterocycles. The fraction of sp³-hybridized carbons (Fsp3) is 0. The van der Waals surface area contributed by atoms with Gasteiger partial charge in [-0.3, -0.25) is 19.2 Å². The predicted molar refractivity (Wildman–Crippen MR) is 109 cm³/mol. The summed E-state index contributed by atoms with van der Waals surface area (Å²) in [6.07, 6.45) is 0. The van der Waals surface area contributed by atoms with E-state index in [2.05, 4.69) is 0 Å². The molecule has 1 aliphatic carbocycles. The summed E-state index contributed by atoms with van der Waals surface area (Å²) in [4.78, 5) is 51.2. The van der Waals surface area contributed by atoms with Crippen molar-refractivity contribution in [1.29, 1.82) is 0 Å². The molecule has 11 heteroatoms. The highest BCUT2D eigenvalue weighted by atomic mass is 32.2. The van der Waals surface area contributed by atoms with Crippen molar-refractivity contribution in [3.05, 3.63) is 81.9 Å². The van der Waals surface area contributed by atoms with Crippen LogP contribution >= 0.6 is 0 Å². The van der Waals surface area contributed by atoms with Crippen molar-refractivity contribution in [2.45, 2.75) is 4.90 Å². The van der Waals surface area contributed by atoms with Crippen molar-refractivity contribution in [2.24, 2.45) is 0 Å². The van der Waals surface area contributed by atoms with Crippen molar-refractivity contribution in [2.75, 3.05) is 4.90 Å². The number of phenols is 2. The van der Waals surface area contributed by atoms with Crippen LogP contribution in [0.5, 0.6) is 11.5 Å². The van der Waals surface area contributed by atoms with Gasteiger partial charge in [0, 0.05) is 11.1 Å². The highest BCUT2D eigenvalue weighted by molar-refractivity contribution is 7.86. The topological polar surface area (TPSA) is 169 Å². The molecule has 0 atom stereocenters. The van der Waals surface area contributed by atoms with Crippen LogP contribution in [-0.4, -0.2) is 46.6 Å². The Bertz CT molecular complexity index is 1550. The van der Waals surface area contributed by atoms with E-state index < -0.39 is 66.7 Å². The summed E-state index contributed by atoms with van der Waals surface area (Å²) >= 11 is 0. The lowest BCUT2D eigenvalue weighted by Crippen LogP contribution is -2.34. The zero-order valence-corrected chi connectivity index (χ0v) is 17.0. The molecule has 0 aromatic heterocycles. The van der Waals surface area contributed by atoms with E-state index >= 15 is 0 Å². The molecular formula is C22H10NO9S-. The molecule has 2 N–H and O–H groups in total. The number of hydrogen-bond donors (Lipinski definition) is 2. The van der Waals surface area contributed by atoms with Gasteiger partial charge >= 0.3 is 0 Å². The second-order valence-electron chi connectivity index (χ2n) is 7.27. The summed E-state index contributed by atoms with van der Waals surface area (Å²) in [5.74, 6) is -6.96. The van der Waals surface area contributed by atoms with E-state index in [1.165, 1.54) is 48.5 Å². The van der Waals surface area contributed by atoms with Crippen LogP contribution in [0.15, 0.2) is 53.4 Å². The summed E-state index contributed by atoms with van der Waals surface area (Å²) in [5, 5.41) is 21.3. The molecule has 0 radical (unpaired) electrons. The minimum Gasteiger partial charge on any atom is -0.744 e. The van der Waals surface area contributed by atoms with Crippen LogP contribution in [-0.2, 0) is 10.1 Å². The maximum atomic E-state index is 13.3. The molecule has 3 aromatic rings. The molecular weight excluding hydrogens is 454 g/mol. The van der Waals surface area contributed by atoms with Gasteiger partial charge in [-0.05, 0) is 12.1 Å². The molecule has 0 saturated carbocycles. The number of fused-ring (bicyclic) bond motifs is 3. The summed E-state index contributed by atoms with van der Waals surface area (Å²) in [7, 11) is -5.63. The SMILES string of the molecule is O=C1c2ccccc2C(=O)c2c1c(O)c(S(=O)(=O)[O-])c(O)c2N1C(=O)c2ccccc2C1=O. The first kappa shape index (κ1) is 20.5. The van der Waals surface area contributed by atoms with E-state index in [1.807, 2.05) is 0 Å². The average Bonchev–Trinajstić information content (AvgIpc) is 3.01. The van der Waals surface area contributed by atoms with Gasteiger partial charge in [-0.25, -0.2) is 13.3 Å². The molecule has 1 aliphatic heterocycles. The van der Waals surface area contributed by atoms with Gasteiger partial charge in [-0.2, -0.15) is 0 Å².